The lowest BCUT2D eigenvalue weighted by molar-refractivity contribution is -0.142. The van der Waals surface area contributed by atoms with Crippen LogP contribution in [-0.2, 0) is 17.5 Å². The molecule has 10 heteroatoms. The number of hydrogen-bond donors (Lipinski definition) is 1. The van der Waals surface area contributed by atoms with Crippen molar-refractivity contribution >= 4 is 11.9 Å². The molecular formula is C20H21F3N4O3. The molecule has 0 atom stereocenters. The van der Waals surface area contributed by atoms with Crippen LogP contribution in [0.25, 0.3) is 0 Å². The summed E-state index contributed by atoms with van der Waals surface area (Å²) in [5, 5.41) is 12.7. The lowest BCUT2D eigenvalue weighted by atomic mass is 9.89. The number of hydrogen-bond acceptors (Lipinski definition) is 4. The minimum absolute atomic E-state index is 0.0160. The minimum Gasteiger partial charge on any atom is -0.477 e. The number of rotatable bonds is 5. The predicted molar refractivity (Wildman–Crippen MR) is 99.0 cm³/mol. The molecule has 1 saturated heterocycles. The van der Waals surface area contributed by atoms with Crippen molar-refractivity contribution in [1.82, 2.24) is 19.7 Å². The average Bonchev–Trinajstić information content (AvgIpc) is 3.47. The monoisotopic (exact) mass is 422 g/mol. The van der Waals surface area contributed by atoms with Crippen LogP contribution in [0, 0.1) is 0 Å². The first-order valence-corrected chi connectivity index (χ1v) is 9.84. The van der Waals surface area contributed by atoms with Crippen LogP contribution in [0.5, 0.6) is 0 Å². The largest absolute Gasteiger partial charge is 0.477 e. The molecule has 4 rings (SSSR count). The highest BCUT2D eigenvalue weighted by molar-refractivity contribution is 5.85. The number of carbonyl (C=O) groups excluding carboxylic acids is 1. The summed E-state index contributed by atoms with van der Waals surface area (Å²) in [5.41, 5.74) is 0.372. The Morgan fingerprint density at radius 3 is 2.40 bits per heavy atom. The first-order valence-electron chi connectivity index (χ1n) is 9.84. The second-order valence-electron chi connectivity index (χ2n) is 7.82. The zero-order chi connectivity index (χ0) is 21.5. The molecule has 2 aromatic rings. The van der Waals surface area contributed by atoms with E-state index in [0.717, 1.165) is 24.5 Å². The van der Waals surface area contributed by atoms with Gasteiger partial charge in [-0.3, -0.25) is 9.48 Å². The maximum Gasteiger partial charge on any atom is 0.435 e. The van der Waals surface area contributed by atoms with E-state index < -0.39 is 17.8 Å². The second-order valence-corrected chi connectivity index (χ2v) is 7.82. The van der Waals surface area contributed by atoms with Gasteiger partial charge in [0.25, 0.3) is 0 Å². The zero-order valence-corrected chi connectivity index (χ0v) is 16.1. The fourth-order valence-corrected chi connectivity index (χ4v) is 3.91. The summed E-state index contributed by atoms with van der Waals surface area (Å²) < 4.78 is 40.3. The maximum atomic E-state index is 13.0. The number of halogens is 3. The molecule has 30 heavy (non-hydrogen) atoms. The van der Waals surface area contributed by atoms with Gasteiger partial charge in [0.1, 0.15) is 12.2 Å². The van der Waals surface area contributed by atoms with Gasteiger partial charge in [0.2, 0.25) is 5.91 Å². The van der Waals surface area contributed by atoms with Gasteiger partial charge in [0.05, 0.1) is 0 Å². The molecule has 1 saturated carbocycles. The third kappa shape index (κ3) is 4.31. The van der Waals surface area contributed by atoms with Crippen molar-refractivity contribution in [2.75, 3.05) is 13.1 Å². The van der Waals surface area contributed by atoms with Gasteiger partial charge in [-0.25, -0.2) is 9.78 Å². The third-order valence-electron chi connectivity index (χ3n) is 5.70. The van der Waals surface area contributed by atoms with Crippen LogP contribution in [0.2, 0.25) is 0 Å². The van der Waals surface area contributed by atoms with E-state index in [1.165, 1.54) is 10.9 Å². The molecule has 3 heterocycles. The van der Waals surface area contributed by atoms with Gasteiger partial charge in [-0.1, -0.05) is 0 Å². The number of aromatic carboxylic acids is 1. The van der Waals surface area contributed by atoms with Gasteiger partial charge in [0, 0.05) is 30.9 Å². The van der Waals surface area contributed by atoms with Gasteiger partial charge < -0.3 is 10.0 Å². The second kappa shape index (κ2) is 7.73. The van der Waals surface area contributed by atoms with Gasteiger partial charge in [0.15, 0.2) is 5.69 Å². The summed E-state index contributed by atoms with van der Waals surface area (Å²) in [6.45, 7) is 0.714. The molecule has 0 unspecified atom stereocenters. The number of carboxylic acid groups (broad SMARTS) is 1. The van der Waals surface area contributed by atoms with Crippen molar-refractivity contribution in [3.05, 3.63) is 47.0 Å². The minimum atomic E-state index is -4.53. The first kappa shape index (κ1) is 20.4. The summed E-state index contributed by atoms with van der Waals surface area (Å²) >= 11 is 0. The molecule has 0 spiro atoms. The van der Waals surface area contributed by atoms with Crippen LogP contribution in [0.15, 0.2) is 24.4 Å². The predicted octanol–water partition coefficient (Wildman–Crippen LogP) is 3.28. The smallest absolute Gasteiger partial charge is 0.435 e. The number of amides is 1. The summed E-state index contributed by atoms with van der Waals surface area (Å²) in [6, 6.07) is 4.38. The summed E-state index contributed by atoms with van der Waals surface area (Å²) in [7, 11) is 0. The molecule has 1 amide bonds. The number of pyridine rings is 1. The van der Waals surface area contributed by atoms with Crippen LogP contribution >= 0.6 is 0 Å². The van der Waals surface area contributed by atoms with Gasteiger partial charge >= 0.3 is 12.1 Å². The van der Waals surface area contributed by atoms with E-state index in [-0.39, 0.29) is 30.0 Å². The SMILES string of the molecule is O=C(O)c1cc(C2CCN(C(=O)Cn3nc(C(F)(F)F)cc3C3CC3)CC2)ccn1. The number of carbonyl (C=O) groups is 2. The lowest BCUT2D eigenvalue weighted by Gasteiger charge is -2.32. The number of piperidine rings is 1. The summed E-state index contributed by atoms with van der Waals surface area (Å²) in [5.74, 6) is -1.19. The van der Waals surface area contributed by atoms with Crippen molar-refractivity contribution in [1.29, 1.82) is 0 Å². The van der Waals surface area contributed by atoms with E-state index in [4.69, 9.17) is 5.11 Å². The van der Waals surface area contributed by atoms with Crippen molar-refractivity contribution in [2.24, 2.45) is 0 Å². The van der Waals surface area contributed by atoms with Crippen LogP contribution in [0.3, 0.4) is 0 Å². The Morgan fingerprint density at radius 1 is 1.10 bits per heavy atom. The molecule has 0 bridgehead atoms. The fraction of sp³-hybridized carbons (Fsp3) is 0.500. The molecule has 1 aliphatic carbocycles. The standard InChI is InChI=1S/C20H21F3N4O3/c21-20(22,23)17-10-16(13-1-2-13)27(25-17)11-18(28)26-7-4-12(5-8-26)14-3-6-24-15(9-14)19(29)30/h3,6,9-10,12-13H,1-2,4-5,7-8,11H2,(H,29,30). The molecule has 1 aliphatic heterocycles. The molecular weight excluding hydrogens is 401 g/mol. The summed E-state index contributed by atoms with van der Waals surface area (Å²) in [6.07, 6.45) is -0.143. The highest BCUT2D eigenvalue weighted by Crippen LogP contribution is 2.42. The van der Waals surface area contributed by atoms with E-state index in [2.05, 4.69) is 10.1 Å². The Morgan fingerprint density at radius 2 is 1.80 bits per heavy atom. The van der Waals surface area contributed by atoms with Crippen LogP contribution in [0.4, 0.5) is 13.2 Å². The lowest BCUT2D eigenvalue weighted by Crippen LogP contribution is -2.40. The Balaban J connectivity index is 1.40. The highest BCUT2D eigenvalue weighted by Gasteiger charge is 2.38. The van der Waals surface area contributed by atoms with Gasteiger partial charge in [-0.05, 0) is 55.4 Å². The van der Waals surface area contributed by atoms with Crippen LogP contribution in [-0.4, -0.2) is 49.7 Å². The van der Waals surface area contributed by atoms with Gasteiger partial charge in [-0.2, -0.15) is 18.3 Å². The quantitative estimate of drug-likeness (QED) is 0.799. The van der Waals surface area contributed by atoms with Crippen molar-refractivity contribution in [3.8, 4) is 0 Å². The number of likely N-dealkylation sites (tertiary alicyclic amines) is 1. The van der Waals surface area contributed by atoms with Crippen molar-refractivity contribution in [3.63, 3.8) is 0 Å². The maximum absolute atomic E-state index is 13.0. The van der Waals surface area contributed by atoms with E-state index in [1.54, 1.807) is 17.0 Å². The number of alkyl halides is 3. The zero-order valence-electron chi connectivity index (χ0n) is 16.1. The normalized spacial score (nSPS) is 17.9. The number of carboxylic acids is 1. The highest BCUT2D eigenvalue weighted by atomic mass is 19.4. The molecule has 1 N–H and O–H groups in total. The van der Waals surface area contributed by atoms with E-state index in [1.807, 2.05) is 0 Å². The molecule has 0 radical (unpaired) electrons. The molecule has 7 nitrogen and oxygen atoms in total. The van der Waals surface area contributed by atoms with Crippen LogP contribution in [0.1, 0.15) is 65.0 Å². The Labute approximate surface area is 170 Å². The first-order chi connectivity index (χ1) is 14.2. The Hall–Kier alpha value is -2.91. The molecule has 0 aromatic carbocycles. The summed E-state index contributed by atoms with van der Waals surface area (Å²) in [4.78, 5) is 29.3. The molecule has 160 valence electrons. The molecule has 2 fully saturated rings. The Bertz CT molecular complexity index is 960. The average molecular weight is 422 g/mol. The van der Waals surface area contributed by atoms with Crippen molar-refractivity contribution < 1.29 is 27.9 Å². The van der Waals surface area contributed by atoms with E-state index in [9.17, 15) is 22.8 Å². The van der Waals surface area contributed by atoms with Crippen molar-refractivity contribution in [2.45, 2.75) is 50.2 Å². The number of nitrogens with zero attached hydrogens (tertiary/aromatic N) is 4. The van der Waals surface area contributed by atoms with Crippen LogP contribution < -0.4 is 0 Å². The fourth-order valence-electron chi connectivity index (χ4n) is 3.91. The van der Waals surface area contributed by atoms with Gasteiger partial charge in [-0.15, -0.1) is 0 Å². The molecule has 2 aliphatic rings. The molecule has 2 aromatic heterocycles. The van der Waals surface area contributed by atoms with E-state index in [0.29, 0.717) is 31.6 Å². The topological polar surface area (TPSA) is 88.3 Å². The van der Waals surface area contributed by atoms with E-state index >= 15 is 0 Å². The third-order valence-corrected chi connectivity index (χ3v) is 5.70. The number of aromatic nitrogens is 3. The Kier molecular flexibility index (Phi) is 5.25.